The van der Waals surface area contributed by atoms with E-state index < -0.39 is 5.97 Å². The summed E-state index contributed by atoms with van der Waals surface area (Å²) in [4.78, 5) is 10.9. The molecule has 2 N–H and O–H groups in total. The molecule has 0 saturated heterocycles. The molecule has 0 fully saturated rings. The van der Waals surface area contributed by atoms with Crippen LogP contribution in [0.2, 0.25) is 0 Å². The van der Waals surface area contributed by atoms with Crippen LogP contribution in [0, 0.1) is 3.57 Å². The Morgan fingerprint density at radius 1 is 1.19 bits per heavy atom. The number of hydrogen-bond acceptors (Lipinski definition) is 3. The average molecular weight is 393 g/mol. The van der Waals surface area contributed by atoms with Gasteiger partial charge in [0.25, 0.3) is 0 Å². The summed E-state index contributed by atoms with van der Waals surface area (Å²) >= 11 is 2.29. The molecule has 0 radical (unpaired) electrons. The zero-order valence-corrected chi connectivity index (χ0v) is 13.1. The molecule has 0 spiro atoms. The van der Waals surface area contributed by atoms with Gasteiger partial charge in [-0.05, 0) is 58.5 Å². The number of carbonyl (C=O) groups is 1. The lowest BCUT2D eigenvalue weighted by atomic mass is 10.1. The van der Waals surface area contributed by atoms with Gasteiger partial charge in [-0.2, -0.15) is 0 Å². The highest BCUT2D eigenvalue weighted by Gasteiger charge is 2.10. The number of fused-ring (bicyclic) bond motifs is 1. The molecule has 0 unspecified atom stereocenters. The molecule has 1 heterocycles. The second kappa shape index (κ2) is 5.77. The van der Waals surface area contributed by atoms with Gasteiger partial charge in [-0.1, -0.05) is 18.2 Å². The third-order valence-electron chi connectivity index (χ3n) is 3.15. The SMILES string of the molecule is O=C(O)c1cc2cc(CNc3ccccc3I)ccc2o1. The Balaban J connectivity index is 1.81. The highest BCUT2D eigenvalue weighted by Crippen LogP contribution is 2.22. The van der Waals surface area contributed by atoms with E-state index in [0.717, 1.165) is 20.2 Å². The Bertz CT molecular complexity index is 810. The van der Waals surface area contributed by atoms with Gasteiger partial charge < -0.3 is 14.8 Å². The number of carboxylic acid groups (broad SMARTS) is 1. The van der Waals surface area contributed by atoms with Crippen LogP contribution < -0.4 is 5.32 Å². The van der Waals surface area contributed by atoms with Crippen LogP contribution in [0.5, 0.6) is 0 Å². The van der Waals surface area contributed by atoms with Crippen molar-refractivity contribution < 1.29 is 14.3 Å². The predicted molar refractivity (Wildman–Crippen MR) is 89.7 cm³/mol. The fourth-order valence-corrected chi connectivity index (χ4v) is 2.69. The summed E-state index contributed by atoms with van der Waals surface area (Å²) in [6, 6.07) is 15.3. The maximum Gasteiger partial charge on any atom is 0.371 e. The van der Waals surface area contributed by atoms with Crippen molar-refractivity contribution in [2.24, 2.45) is 0 Å². The van der Waals surface area contributed by atoms with Gasteiger partial charge in [0, 0.05) is 21.2 Å². The van der Waals surface area contributed by atoms with Crippen LogP contribution in [0.15, 0.2) is 52.9 Å². The lowest BCUT2D eigenvalue weighted by Gasteiger charge is -2.08. The molecule has 1 aromatic heterocycles. The highest BCUT2D eigenvalue weighted by molar-refractivity contribution is 14.1. The van der Waals surface area contributed by atoms with Crippen molar-refractivity contribution in [1.29, 1.82) is 0 Å². The molecule has 21 heavy (non-hydrogen) atoms. The molecule has 2 aromatic carbocycles. The van der Waals surface area contributed by atoms with E-state index in [1.54, 1.807) is 12.1 Å². The highest BCUT2D eigenvalue weighted by atomic mass is 127. The van der Waals surface area contributed by atoms with Crippen LogP contribution in [0.1, 0.15) is 16.1 Å². The Kier molecular flexibility index (Phi) is 3.83. The summed E-state index contributed by atoms with van der Waals surface area (Å²) in [6.07, 6.45) is 0. The number of para-hydroxylation sites is 1. The van der Waals surface area contributed by atoms with Crippen molar-refractivity contribution in [3.8, 4) is 0 Å². The molecule has 0 saturated carbocycles. The Morgan fingerprint density at radius 3 is 2.76 bits per heavy atom. The minimum Gasteiger partial charge on any atom is -0.475 e. The number of aromatic carboxylic acids is 1. The van der Waals surface area contributed by atoms with Gasteiger partial charge in [-0.15, -0.1) is 0 Å². The van der Waals surface area contributed by atoms with E-state index in [4.69, 9.17) is 9.52 Å². The number of hydrogen-bond donors (Lipinski definition) is 2. The summed E-state index contributed by atoms with van der Waals surface area (Å²) in [7, 11) is 0. The lowest BCUT2D eigenvalue weighted by molar-refractivity contribution is 0.0665. The summed E-state index contributed by atoms with van der Waals surface area (Å²) in [5.74, 6) is -1.09. The average Bonchev–Trinajstić information content (AvgIpc) is 2.90. The van der Waals surface area contributed by atoms with Gasteiger partial charge in [0.05, 0.1) is 0 Å². The number of anilines is 1. The molecular weight excluding hydrogens is 381 g/mol. The van der Waals surface area contributed by atoms with Gasteiger partial charge in [0.1, 0.15) is 5.58 Å². The van der Waals surface area contributed by atoms with Crippen molar-refractivity contribution in [2.75, 3.05) is 5.32 Å². The maximum atomic E-state index is 10.9. The van der Waals surface area contributed by atoms with E-state index in [1.165, 1.54) is 0 Å². The standard InChI is InChI=1S/C16H12INO3/c17-12-3-1-2-4-13(12)18-9-10-5-6-14-11(7-10)8-15(21-14)16(19)20/h1-8,18H,9H2,(H,19,20). The van der Waals surface area contributed by atoms with E-state index in [2.05, 4.69) is 27.9 Å². The fourth-order valence-electron chi connectivity index (χ4n) is 2.11. The van der Waals surface area contributed by atoms with Gasteiger partial charge >= 0.3 is 5.97 Å². The van der Waals surface area contributed by atoms with Gasteiger partial charge in [0.15, 0.2) is 0 Å². The zero-order valence-electron chi connectivity index (χ0n) is 11.0. The van der Waals surface area contributed by atoms with E-state index in [-0.39, 0.29) is 5.76 Å². The summed E-state index contributed by atoms with van der Waals surface area (Å²) in [6.45, 7) is 0.670. The van der Waals surface area contributed by atoms with Crippen molar-refractivity contribution >= 4 is 45.2 Å². The Morgan fingerprint density at radius 2 is 2.00 bits per heavy atom. The monoisotopic (exact) mass is 393 g/mol. The van der Waals surface area contributed by atoms with Gasteiger partial charge in [-0.3, -0.25) is 0 Å². The van der Waals surface area contributed by atoms with Crippen LogP contribution >= 0.6 is 22.6 Å². The first-order chi connectivity index (χ1) is 10.1. The third-order valence-corrected chi connectivity index (χ3v) is 4.09. The van der Waals surface area contributed by atoms with E-state index in [1.807, 2.05) is 36.4 Å². The predicted octanol–water partition coefficient (Wildman–Crippen LogP) is 4.35. The second-order valence-corrected chi connectivity index (χ2v) is 5.78. The molecule has 0 atom stereocenters. The zero-order chi connectivity index (χ0) is 14.8. The summed E-state index contributed by atoms with van der Waals surface area (Å²) in [5.41, 5.74) is 2.74. The fraction of sp³-hybridized carbons (Fsp3) is 0.0625. The molecule has 0 amide bonds. The largest absolute Gasteiger partial charge is 0.475 e. The van der Waals surface area contributed by atoms with Crippen molar-refractivity contribution in [2.45, 2.75) is 6.54 Å². The Hall–Kier alpha value is -2.02. The topological polar surface area (TPSA) is 62.5 Å². The van der Waals surface area contributed by atoms with Crippen LogP contribution in [-0.2, 0) is 6.54 Å². The lowest BCUT2D eigenvalue weighted by Crippen LogP contribution is -2.00. The minimum atomic E-state index is -1.05. The number of halogens is 1. The quantitative estimate of drug-likeness (QED) is 0.648. The molecule has 106 valence electrons. The molecule has 4 nitrogen and oxygen atoms in total. The summed E-state index contributed by atoms with van der Waals surface area (Å²) in [5, 5.41) is 13.1. The molecule has 0 aliphatic carbocycles. The number of rotatable bonds is 4. The van der Waals surface area contributed by atoms with Crippen LogP contribution in [0.25, 0.3) is 11.0 Å². The van der Waals surface area contributed by atoms with Crippen molar-refractivity contribution in [3.63, 3.8) is 0 Å². The first-order valence-corrected chi connectivity index (χ1v) is 7.45. The van der Waals surface area contributed by atoms with Crippen LogP contribution in [0.3, 0.4) is 0 Å². The van der Waals surface area contributed by atoms with E-state index in [9.17, 15) is 4.79 Å². The van der Waals surface area contributed by atoms with Gasteiger partial charge in [0.2, 0.25) is 5.76 Å². The van der Waals surface area contributed by atoms with Crippen LogP contribution in [-0.4, -0.2) is 11.1 Å². The number of benzene rings is 2. The van der Waals surface area contributed by atoms with E-state index in [0.29, 0.717) is 12.1 Å². The molecule has 0 bridgehead atoms. The number of carboxylic acids is 1. The molecular formula is C16H12INO3. The maximum absolute atomic E-state index is 10.9. The van der Waals surface area contributed by atoms with Gasteiger partial charge in [-0.25, -0.2) is 4.79 Å². The third kappa shape index (κ3) is 3.02. The molecule has 0 aliphatic rings. The number of nitrogens with one attached hydrogen (secondary N) is 1. The van der Waals surface area contributed by atoms with Crippen molar-refractivity contribution in [3.05, 3.63) is 63.4 Å². The first kappa shape index (κ1) is 13.9. The molecule has 3 rings (SSSR count). The van der Waals surface area contributed by atoms with Crippen molar-refractivity contribution in [1.82, 2.24) is 0 Å². The molecule has 5 heteroatoms. The second-order valence-electron chi connectivity index (χ2n) is 4.62. The van der Waals surface area contributed by atoms with Crippen LogP contribution in [0.4, 0.5) is 5.69 Å². The van der Waals surface area contributed by atoms with E-state index >= 15 is 0 Å². The smallest absolute Gasteiger partial charge is 0.371 e. The Labute approximate surface area is 134 Å². The number of furan rings is 1. The normalized spacial score (nSPS) is 10.7. The first-order valence-electron chi connectivity index (χ1n) is 6.37. The molecule has 3 aromatic rings. The summed E-state index contributed by atoms with van der Waals surface area (Å²) < 4.78 is 6.41. The minimum absolute atomic E-state index is 0.0345. The molecule has 0 aliphatic heterocycles.